The topological polar surface area (TPSA) is 119 Å². The SMILES string of the molecule is O=P(OCO)(Oc1cc(Cl)c(Cl)cc1Cl)S(=O)(=O)OCO. The number of benzene rings is 1. The Morgan fingerprint density at radius 1 is 1.05 bits per heavy atom. The van der Waals surface area contributed by atoms with E-state index in [0.29, 0.717) is 0 Å². The Kier molecular flexibility index (Phi) is 6.73. The minimum absolute atomic E-state index is 0.0430. The van der Waals surface area contributed by atoms with E-state index >= 15 is 0 Å². The summed E-state index contributed by atoms with van der Waals surface area (Å²) >= 11 is 17.1. The van der Waals surface area contributed by atoms with Crippen molar-refractivity contribution in [3.8, 4) is 5.75 Å². The fraction of sp³-hybridized carbons (Fsp3) is 0.250. The van der Waals surface area contributed by atoms with Crippen molar-refractivity contribution in [3.05, 3.63) is 27.2 Å². The quantitative estimate of drug-likeness (QED) is 0.406. The summed E-state index contributed by atoms with van der Waals surface area (Å²) in [7, 11) is -5.01. The van der Waals surface area contributed by atoms with Gasteiger partial charge in [0.1, 0.15) is 5.75 Å². The largest absolute Gasteiger partial charge is 0.524 e. The highest BCUT2D eigenvalue weighted by Gasteiger charge is 2.45. The number of rotatable bonds is 7. The van der Waals surface area contributed by atoms with Gasteiger partial charge in [-0.05, 0) is 6.07 Å². The van der Waals surface area contributed by atoms with Gasteiger partial charge in [-0.2, -0.15) is 8.42 Å². The van der Waals surface area contributed by atoms with Gasteiger partial charge in [0.25, 0.3) is 0 Å². The summed E-state index contributed by atoms with van der Waals surface area (Å²) in [6.45, 7) is -7.63. The Balaban J connectivity index is 3.27. The Morgan fingerprint density at radius 2 is 1.62 bits per heavy atom. The molecule has 0 saturated heterocycles. The van der Waals surface area contributed by atoms with Crippen molar-refractivity contribution in [3.63, 3.8) is 0 Å². The molecule has 1 unspecified atom stereocenters. The summed E-state index contributed by atoms with van der Waals surface area (Å²) in [5.74, 6) is -0.437. The lowest BCUT2D eigenvalue weighted by Crippen LogP contribution is -2.14. The van der Waals surface area contributed by atoms with E-state index in [-0.39, 0.29) is 15.1 Å². The van der Waals surface area contributed by atoms with E-state index in [2.05, 4.69) is 8.71 Å². The van der Waals surface area contributed by atoms with E-state index in [1.54, 1.807) is 0 Å². The van der Waals surface area contributed by atoms with Gasteiger partial charge < -0.3 is 14.7 Å². The molecule has 0 spiro atoms. The zero-order chi connectivity index (χ0) is 16.3. The Bertz CT molecular complexity index is 664. The number of halogens is 3. The molecule has 8 nitrogen and oxygen atoms in total. The molecule has 0 aliphatic carbocycles. The summed E-state index contributed by atoms with van der Waals surface area (Å²) in [5.41, 5.74) is 0. The maximum absolute atomic E-state index is 12.2. The van der Waals surface area contributed by atoms with Crippen LogP contribution in [0.4, 0.5) is 0 Å². The second kappa shape index (κ2) is 7.45. The maximum Gasteiger partial charge on any atom is 0.524 e. The van der Waals surface area contributed by atoms with Gasteiger partial charge in [0.15, 0.2) is 13.6 Å². The average Bonchev–Trinajstić information content (AvgIpc) is 2.36. The van der Waals surface area contributed by atoms with Crippen molar-refractivity contribution >= 4 is 51.3 Å². The number of aliphatic hydroxyl groups is 2. The van der Waals surface area contributed by atoms with Crippen LogP contribution in [0.5, 0.6) is 5.75 Å². The van der Waals surface area contributed by atoms with Crippen LogP contribution in [0.1, 0.15) is 0 Å². The zero-order valence-corrected chi connectivity index (χ0v) is 13.9. The lowest BCUT2D eigenvalue weighted by Gasteiger charge is -2.18. The molecular formula is C8H8Cl3O8PS. The number of hydrogen-bond acceptors (Lipinski definition) is 8. The van der Waals surface area contributed by atoms with E-state index < -0.39 is 35.9 Å². The number of hydrogen-bond donors (Lipinski definition) is 2. The van der Waals surface area contributed by atoms with Crippen LogP contribution in [-0.2, 0) is 23.0 Å². The summed E-state index contributed by atoms with van der Waals surface area (Å²) in [6, 6.07) is 2.11. The standard InChI is InChI=1S/C8H8Cl3O8PS/c9-5-1-7(11)8(2-6(5)10)19-20(14,17-3-12)21(15,16)18-4-13/h1-2,12-13H,3-4H2. The normalized spacial score (nSPS) is 14.7. The van der Waals surface area contributed by atoms with E-state index in [0.717, 1.165) is 12.1 Å². The predicted molar refractivity (Wildman–Crippen MR) is 75.0 cm³/mol. The lowest BCUT2D eigenvalue weighted by atomic mass is 10.3. The van der Waals surface area contributed by atoms with Crippen molar-refractivity contribution < 1.29 is 36.4 Å². The lowest BCUT2D eigenvalue weighted by molar-refractivity contribution is 0.0850. The van der Waals surface area contributed by atoms with Gasteiger partial charge in [-0.25, -0.2) is 8.75 Å². The molecule has 1 aromatic carbocycles. The molecule has 1 aromatic rings. The fourth-order valence-electron chi connectivity index (χ4n) is 1.03. The van der Waals surface area contributed by atoms with Gasteiger partial charge in [0.05, 0.1) is 15.1 Å². The molecule has 0 heterocycles. The molecule has 21 heavy (non-hydrogen) atoms. The molecule has 1 atom stereocenters. The second-order valence-electron chi connectivity index (χ2n) is 3.17. The Morgan fingerprint density at radius 3 is 2.14 bits per heavy atom. The van der Waals surface area contributed by atoms with E-state index in [4.69, 9.17) is 49.5 Å². The molecule has 13 heteroatoms. The minimum atomic E-state index is -5.07. The minimum Gasteiger partial charge on any atom is -0.411 e. The fourth-order valence-corrected chi connectivity index (χ4v) is 4.30. The molecule has 0 amide bonds. The maximum atomic E-state index is 12.2. The molecule has 0 radical (unpaired) electrons. The summed E-state index contributed by atoms with van der Waals surface area (Å²) in [6.07, 6.45) is 0. The molecule has 0 aliphatic heterocycles. The smallest absolute Gasteiger partial charge is 0.411 e. The van der Waals surface area contributed by atoms with Crippen molar-refractivity contribution in [2.75, 3.05) is 13.6 Å². The van der Waals surface area contributed by atoms with Crippen LogP contribution in [-0.4, -0.2) is 32.2 Å². The third-order valence-electron chi connectivity index (χ3n) is 1.88. The third-order valence-corrected chi connectivity index (χ3v) is 7.20. The van der Waals surface area contributed by atoms with Crippen LogP contribution in [0.15, 0.2) is 12.1 Å². The molecular weight excluding hydrogens is 393 g/mol. The summed E-state index contributed by atoms with van der Waals surface area (Å²) in [5, 5.41) is 16.9. The summed E-state index contributed by atoms with van der Waals surface area (Å²) in [4.78, 5) is 0. The molecule has 0 fully saturated rings. The van der Waals surface area contributed by atoms with Gasteiger partial charge >= 0.3 is 16.5 Å². The highest BCUT2D eigenvalue weighted by molar-refractivity contribution is 8.47. The highest BCUT2D eigenvalue weighted by atomic mass is 35.5. The predicted octanol–water partition coefficient (Wildman–Crippen LogP) is 2.40. The average molecular weight is 402 g/mol. The van der Waals surface area contributed by atoms with Crippen LogP contribution in [0.3, 0.4) is 0 Å². The van der Waals surface area contributed by atoms with Crippen LogP contribution in [0, 0.1) is 0 Å². The van der Waals surface area contributed by atoms with Gasteiger partial charge in [-0.1, -0.05) is 34.8 Å². The summed E-state index contributed by atoms with van der Waals surface area (Å²) < 4.78 is 48.2. The molecule has 1 rings (SSSR count). The number of aliphatic hydroxyl groups excluding tert-OH is 2. The van der Waals surface area contributed by atoms with E-state index in [1.165, 1.54) is 0 Å². The monoisotopic (exact) mass is 400 g/mol. The van der Waals surface area contributed by atoms with Crippen LogP contribution in [0.2, 0.25) is 15.1 Å². The van der Waals surface area contributed by atoms with E-state index in [9.17, 15) is 13.0 Å². The first-order valence-electron chi connectivity index (χ1n) is 4.87. The van der Waals surface area contributed by atoms with E-state index in [1.807, 2.05) is 0 Å². The van der Waals surface area contributed by atoms with Crippen LogP contribution in [0.25, 0.3) is 0 Å². The molecule has 2 N–H and O–H groups in total. The van der Waals surface area contributed by atoms with Crippen molar-refractivity contribution in [2.24, 2.45) is 0 Å². The highest BCUT2D eigenvalue weighted by Crippen LogP contribution is 2.56. The first kappa shape index (κ1) is 19.0. The van der Waals surface area contributed by atoms with Gasteiger partial charge in [0.2, 0.25) is 0 Å². The molecule has 120 valence electrons. The molecule has 0 aromatic heterocycles. The molecule has 0 bridgehead atoms. The van der Waals surface area contributed by atoms with Crippen molar-refractivity contribution in [1.29, 1.82) is 0 Å². The van der Waals surface area contributed by atoms with Crippen molar-refractivity contribution in [2.45, 2.75) is 0 Å². The van der Waals surface area contributed by atoms with Gasteiger partial charge in [-0.15, -0.1) is 0 Å². The first-order chi connectivity index (χ1) is 9.66. The van der Waals surface area contributed by atoms with Gasteiger partial charge in [-0.3, -0.25) is 4.52 Å². The Labute approximate surface area is 134 Å². The first-order valence-corrected chi connectivity index (χ1v) is 9.56. The van der Waals surface area contributed by atoms with Crippen molar-refractivity contribution in [1.82, 2.24) is 0 Å². The zero-order valence-electron chi connectivity index (χ0n) is 9.90. The molecule has 0 saturated carbocycles. The second-order valence-corrected chi connectivity index (χ2v) is 9.50. The van der Waals surface area contributed by atoms with Crippen LogP contribution >= 0.6 is 41.6 Å². The van der Waals surface area contributed by atoms with Gasteiger partial charge in [0, 0.05) is 6.07 Å². The Hall–Kier alpha value is -0.0900. The third kappa shape index (κ3) is 4.44. The molecule has 0 aliphatic rings. The van der Waals surface area contributed by atoms with Crippen LogP contribution < -0.4 is 4.52 Å².